The molecule has 7 heavy (non-hydrogen) atoms. The lowest BCUT2D eigenvalue weighted by Gasteiger charge is -2.04. The first kappa shape index (κ1) is 7.14. The predicted octanol–water partition coefficient (Wildman–Crippen LogP) is -1.33. The van der Waals surface area contributed by atoms with Crippen LogP contribution < -0.4 is 5.73 Å². The van der Waals surface area contributed by atoms with E-state index in [1.807, 2.05) is 0 Å². The minimum absolute atomic E-state index is 0.463. The quantitative estimate of drug-likeness (QED) is 0.467. The van der Waals surface area contributed by atoms with Gasteiger partial charge in [-0.3, -0.25) is 0 Å². The standard InChI is InChI=1S/C4H13NOSi/c1-6-4(7)2-3-5/h4H,2-3,5H2,1,7H3. The molecule has 44 valence electrons. The molecule has 2 nitrogen and oxygen atoms in total. The van der Waals surface area contributed by atoms with Gasteiger partial charge < -0.3 is 10.5 Å². The number of methoxy groups -OCH3 is 1. The molecule has 0 spiro atoms. The fraction of sp³-hybridized carbons (Fsp3) is 1.00. The molecule has 0 bridgehead atoms. The van der Waals surface area contributed by atoms with Crippen LogP contribution in [0.1, 0.15) is 6.42 Å². The zero-order valence-corrected chi connectivity index (χ0v) is 6.98. The third-order valence-electron chi connectivity index (χ3n) is 0.976. The van der Waals surface area contributed by atoms with Gasteiger partial charge in [0, 0.05) is 23.1 Å². The normalized spacial score (nSPS) is 14.6. The lowest BCUT2D eigenvalue weighted by molar-refractivity contribution is 0.161. The zero-order chi connectivity index (χ0) is 5.70. The maximum atomic E-state index is 5.25. The smallest absolute Gasteiger partial charge is 0.0393 e. The van der Waals surface area contributed by atoms with Gasteiger partial charge in [-0.05, 0) is 13.0 Å². The Kier molecular flexibility index (Phi) is 4.38. The first-order valence-corrected chi connectivity index (χ1v) is 3.69. The molecule has 3 heteroatoms. The minimum atomic E-state index is 0.463. The molecule has 0 aromatic rings. The Labute approximate surface area is 47.5 Å². The van der Waals surface area contributed by atoms with Crippen LogP contribution in [0.5, 0.6) is 0 Å². The molecule has 0 amide bonds. The van der Waals surface area contributed by atoms with E-state index in [2.05, 4.69) is 0 Å². The minimum Gasteiger partial charge on any atom is -0.386 e. The molecule has 1 atom stereocenters. The van der Waals surface area contributed by atoms with Gasteiger partial charge in [-0.2, -0.15) is 0 Å². The first-order valence-electron chi connectivity index (χ1n) is 2.54. The number of nitrogens with two attached hydrogens (primary N) is 1. The van der Waals surface area contributed by atoms with Gasteiger partial charge in [0.15, 0.2) is 0 Å². The van der Waals surface area contributed by atoms with Crippen molar-refractivity contribution in [2.75, 3.05) is 13.7 Å². The Morgan fingerprint density at radius 3 is 2.57 bits per heavy atom. The van der Waals surface area contributed by atoms with Crippen molar-refractivity contribution in [2.24, 2.45) is 5.73 Å². The van der Waals surface area contributed by atoms with Crippen molar-refractivity contribution >= 4 is 10.2 Å². The highest BCUT2D eigenvalue weighted by atomic mass is 28.1. The van der Waals surface area contributed by atoms with Gasteiger partial charge in [0.05, 0.1) is 0 Å². The summed E-state index contributed by atoms with van der Waals surface area (Å²) in [5.74, 6) is 0. The lowest BCUT2D eigenvalue weighted by atomic mass is 10.5. The summed E-state index contributed by atoms with van der Waals surface area (Å²) >= 11 is 0. The van der Waals surface area contributed by atoms with Gasteiger partial charge in [0.1, 0.15) is 0 Å². The molecule has 0 radical (unpaired) electrons. The van der Waals surface area contributed by atoms with Crippen molar-refractivity contribution in [1.29, 1.82) is 0 Å². The molecule has 0 aliphatic heterocycles. The Hall–Kier alpha value is 0.137. The van der Waals surface area contributed by atoms with Gasteiger partial charge in [-0.25, -0.2) is 0 Å². The predicted molar refractivity (Wildman–Crippen MR) is 34.4 cm³/mol. The molecule has 0 rings (SSSR count). The van der Waals surface area contributed by atoms with Crippen LogP contribution in [-0.2, 0) is 4.74 Å². The Morgan fingerprint density at radius 1 is 1.86 bits per heavy atom. The van der Waals surface area contributed by atoms with Crippen LogP contribution in [0.15, 0.2) is 0 Å². The summed E-state index contributed by atoms with van der Waals surface area (Å²) in [6.45, 7) is 0.752. The molecule has 0 saturated heterocycles. The largest absolute Gasteiger partial charge is 0.386 e. The van der Waals surface area contributed by atoms with Crippen LogP contribution in [-0.4, -0.2) is 29.6 Å². The number of ether oxygens (including phenoxy) is 1. The van der Waals surface area contributed by atoms with Gasteiger partial charge >= 0.3 is 0 Å². The van der Waals surface area contributed by atoms with E-state index in [1.165, 1.54) is 0 Å². The van der Waals surface area contributed by atoms with E-state index in [4.69, 9.17) is 10.5 Å². The van der Waals surface area contributed by atoms with Gasteiger partial charge in [0.25, 0.3) is 0 Å². The fourth-order valence-corrected chi connectivity index (χ4v) is 0.686. The topological polar surface area (TPSA) is 35.2 Å². The van der Waals surface area contributed by atoms with E-state index < -0.39 is 0 Å². The van der Waals surface area contributed by atoms with Gasteiger partial charge in [0.2, 0.25) is 0 Å². The second-order valence-corrected chi connectivity index (χ2v) is 2.91. The molecule has 0 aliphatic rings. The highest BCUT2D eigenvalue weighted by molar-refractivity contribution is 6.10. The molecular formula is C4H13NOSi. The fourth-order valence-electron chi connectivity index (χ4n) is 0.353. The van der Waals surface area contributed by atoms with Crippen molar-refractivity contribution in [2.45, 2.75) is 12.1 Å². The van der Waals surface area contributed by atoms with Crippen molar-refractivity contribution in [1.82, 2.24) is 0 Å². The van der Waals surface area contributed by atoms with Crippen molar-refractivity contribution in [3.63, 3.8) is 0 Å². The third-order valence-corrected chi connectivity index (χ3v) is 2.02. The van der Waals surface area contributed by atoms with E-state index >= 15 is 0 Å². The second-order valence-electron chi connectivity index (χ2n) is 1.62. The number of hydrogen-bond donors (Lipinski definition) is 1. The number of hydrogen-bond acceptors (Lipinski definition) is 2. The Morgan fingerprint density at radius 2 is 2.43 bits per heavy atom. The third kappa shape index (κ3) is 3.98. The van der Waals surface area contributed by atoms with Crippen LogP contribution in [0.25, 0.3) is 0 Å². The summed E-state index contributed by atoms with van der Waals surface area (Å²) in [4.78, 5) is 0. The van der Waals surface area contributed by atoms with E-state index in [-0.39, 0.29) is 0 Å². The molecular weight excluding hydrogens is 106 g/mol. The highest BCUT2D eigenvalue weighted by Gasteiger charge is 1.93. The molecule has 1 unspecified atom stereocenters. The second kappa shape index (κ2) is 4.30. The summed E-state index contributed by atoms with van der Waals surface area (Å²) in [5.41, 5.74) is 5.71. The lowest BCUT2D eigenvalue weighted by Crippen LogP contribution is -2.15. The average molecular weight is 119 g/mol. The van der Waals surface area contributed by atoms with E-state index in [9.17, 15) is 0 Å². The first-order chi connectivity index (χ1) is 3.31. The summed E-state index contributed by atoms with van der Waals surface area (Å²) < 4.78 is 4.97. The highest BCUT2D eigenvalue weighted by Crippen LogP contribution is 1.85. The van der Waals surface area contributed by atoms with Crippen molar-refractivity contribution < 1.29 is 4.74 Å². The molecule has 0 aromatic carbocycles. The Balaban J connectivity index is 2.83. The van der Waals surface area contributed by atoms with Crippen molar-refractivity contribution in [3.8, 4) is 0 Å². The summed E-state index contributed by atoms with van der Waals surface area (Å²) in [6, 6.07) is 0. The van der Waals surface area contributed by atoms with Crippen LogP contribution >= 0.6 is 0 Å². The van der Waals surface area contributed by atoms with E-state index in [0.717, 1.165) is 23.2 Å². The maximum Gasteiger partial charge on any atom is 0.0393 e. The summed E-state index contributed by atoms with van der Waals surface area (Å²) in [7, 11) is 2.83. The van der Waals surface area contributed by atoms with Gasteiger partial charge in [-0.15, -0.1) is 0 Å². The molecule has 0 aromatic heterocycles. The monoisotopic (exact) mass is 119 g/mol. The average Bonchev–Trinajstić information content (AvgIpc) is 1.68. The van der Waals surface area contributed by atoms with Crippen LogP contribution in [0, 0.1) is 0 Å². The van der Waals surface area contributed by atoms with Crippen molar-refractivity contribution in [3.05, 3.63) is 0 Å². The van der Waals surface area contributed by atoms with Crippen LogP contribution in [0.3, 0.4) is 0 Å². The molecule has 0 saturated carbocycles. The van der Waals surface area contributed by atoms with Crippen LogP contribution in [0.2, 0.25) is 0 Å². The van der Waals surface area contributed by atoms with Crippen LogP contribution in [0.4, 0.5) is 0 Å². The SMILES string of the molecule is COC([SiH3])CCN. The Bertz CT molecular complexity index is 42.7. The summed E-state index contributed by atoms with van der Waals surface area (Å²) in [6.07, 6.45) is 1.02. The number of rotatable bonds is 3. The molecule has 0 fully saturated rings. The maximum absolute atomic E-state index is 5.25. The zero-order valence-electron chi connectivity index (χ0n) is 4.98. The molecule has 2 N–H and O–H groups in total. The molecule has 0 heterocycles. The molecule has 0 aliphatic carbocycles. The van der Waals surface area contributed by atoms with Gasteiger partial charge in [-0.1, -0.05) is 0 Å². The van der Waals surface area contributed by atoms with E-state index in [1.54, 1.807) is 7.11 Å². The summed E-state index contributed by atoms with van der Waals surface area (Å²) in [5, 5.41) is 0. The van der Waals surface area contributed by atoms with E-state index in [0.29, 0.717) is 5.73 Å².